The first-order valence-electron chi connectivity index (χ1n) is 6.25. The Kier molecular flexibility index (Phi) is 3.80. The molecular formula is C13H14N2O6S. The summed E-state index contributed by atoms with van der Waals surface area (Å²) in [6.07, 6.45) is 0. The van der Waals surface area contributed by atoms with E-state index in [1.54, 1.807) is 30.3 Å². The van der Waals surface area contributed by atoms with Gasteiger partial charge in [0.2, 0.25) is 4.75 Å². The number of nitrogens with zero attached hydrogens (tertiary/aromatic N) is 2. The highest BCUT2D eigenvalue weighted by Gasteiger charge is 2.59. The number of hydrogen-bond donors (Lipinski definition) is 2. The number of aliphatic carboxylic acids is 1. The normalized spacial score (nSPS) is 21.4. The van der Waals surface area contributed by atoms with E-state index in [0.717, 1.165) is 11.9 Å². The van der Waals surface area contributed by atoms with E-state index in [4.69, 9.17) is 0 Å². The molecule has 0 fully saturated rings. The summed E-state index contributed by atoms with van der Waals surface area (Å²) in [5, 5.41) is 14.1. The van der Waals surface area contributed by atoms with Gasteiger partial charge in [-0.1, -0.05) is 18.2 Å². The molecule has 0 radical (unpaired) electrons. The molecule has 0 bridgehead atoms. The highest BCUT2D eigenvalue weighted by Crippen LogP contribution is 2.35. The van der Waals surface area contributed by atoms with Gasteiger partial charge in [0.1, 0.15) is 5.92 Å². The lowest BCUT2D eigenvalue weighted by molar-refractivity contribution is -0.142. The molecule has 1 amide bonds. The number of carbonyl (C=O) groups excluding carboxylic acids is 1. The summed E-state index contributed by atoms with van der Waals surface area (Å²) >= 11 is 0. The minimum absolute atomic E-state index is 0.00335. The van der Waals surface area contributed by atoms with Crippen LogP contribution in [0.25, 0.3) is 0 Å². The molecule has 2 rings (SSSR count). The van der Waals surface area contributed by atoms with Gasteiger partial charge in [0, 0.05) is 0 Å². The number of carboxylic acids is 1. The van der Waals surface area contributed by atoms with Crippen LogP contribution < -0.4 is 5.01 Å². The molecule has 0 aromatic heterocycles. The van der Waals surface area contributed by atoms with Crippen LogP contribution in [0.1, 0.15) is 13.8 Å². The van der Waals surface area contributed by atoms with Crippen LogP contribution in [0.3, 0.4) is 0 Å². The van der Waals surface area contributed by atoms with Crippen LogP contribution in [-0.4, -0.2) is 40.4 Å². The Balaban J connectivity index is 2.53. The summed E-state index contributed by atoms with van der Waals surface area (Å²) in [7, 11) is -5.05. The molecule has 22 heavy (non-hydrogen) atoms. The van der Waals surface area contributed by atoms with Crippen molar-refractivity contribution in [1.29, 1.82) is 0 Å². The monoisotopic (exact) mass is 326 g/mol. The second kappa shape index (κ2) is 5.18. The summed E-state index contributed by atoms with van der Waals surface area (Å²) in [6, 6.07) is 8.17. The molecule has 0 saturated heterocycles. The maximum atomic E-state index is 12.5. The Morgan fingerprint density at radius 2 is 1.86 bits per heavy atom. The quantitative estimate of drug-likeness (QED) is 0.787. The third kappa shape index (κ3) is 2.28. The summed E-state index contributed by atoms with van der Waals surface area (Å²) < 4.78 is 29.7. The van der Waals surface area contributed by atoms with Gasteiger partial charge in [0.05, 0.1) is 11.4 Å². The van der Waals surface area contributed by atoms with E-state index >= 15 is 0 Å². The smallest absolute Gasteiger partial charge is 0.328 e. The Morgan fingerprint density at radius 3 is 2.32 bits per heavy atom. The Morgan fingerprint density at radius 1 is 1.32 bits per heavy atom. The van der Waals surface area contributed by atoms with Gasteiger partial charge in [-0.05, 0) is 26.0 Å². The first-order chi connectivity index (χ1) is 10.1. The lowest BCUT2D eigenvalue weighted by Crippen LogP contribution is -2.55. The second-order valence-corrected chi connectivity index (χ2v) is 6.85. The summed E-state index contributed by atoms with van der Waals surface area (Å²) in [5.41, 5.74) is 0.369. The zero-order valence-electron chi connectivity index (χ0n) is 11.8. The van der Waals surface area contributed by atoms with Gasteiger partial charge in [-0.25, -0.2) is 5.01 Å². The molecule has 1 aliphatic heterocycles. The van der Waals surface area contributed by atoms with E-state index in [1.807, 2.05) is 0 Å². The van der Waals surface area contributed by atoms with Gasteiger partial charge in [0.25, 0.3) is 16.0 Å². The van der Waals surface area contributed by atoms with Crippen LogP contribution in [0.2, 0.25) is 0 Å². The van der Waals surface area contributed by atoms with Crippen LogP contribution in [0.4, 0.5) is 5.69 Å². The van der Waals surface area contributed by atoms with Gasteiger partial charge >= 0.3 is 5.97 Å². The lowest BCUT2D eigenvalue weighted by atomic mass is 9.89. The first-order valence-corrected chi connectivity index (χ1v) is 7.69. The third-order valence-electron chi connectivity index (χ3n) is 3.64. The SMILES string of the molecule is CC1=NN(c2ccccc2)C(=O)[C@@H]1[C@@](C)(C(=O)O)S(=O)(=O)O. The summed E-state index contributed by atoms with van der Waals surface area (Å²) in [6.45, 7) is 2.14. The van der Waals surface area contributed by atoms with E-state index in [0.29, 0.717) is 5.69 Å². The number of para-hydroxylation sites is 1. The first kappa shape index (κ1) is 16.1. The van der Waals surface area contributed by atoms with E-state index in [1.165, 1.54) is 6.92 Å². The molecule has 1 aliphatic rings. The van der Waals surface area contributed by atoms with Crippen molar-refractivity contribution in [3.63, 3.8) is 0 Å². The molecule has 1 heterocycles. The Hall–Kier alpha value is -2.26. The lowest BCUT2D eigenvalue weighted by Gasteiger charge is -2.27. The maximum Gasteiger partial charge on any atom is 0.328 e. The van der Waals surface area contributed by atoms with Crippen LogP contribution in [-0.2, 0) is 19.7 Å². The fourth-order valence-corrected chi connectivity index (χ4v) is 3.13. The number of carboxylic acid groups (broad SMARTS) is 1. The van der Waals surface area contributed by atoms with Crippen molar-refractivity contribution >= 4 is 33.4 Å². The van der Waals surface area contributed by atoms with Crippen LogP contribution in [0.5, 0.6) is 0 Å². The molecule has 9 heteroatoms. The molecule has 2 atom stereocenters. The summed E-state index contributed by atoms with van der Waals surface area (Å²) in [4.78, 5) is 23.9. The number of anilines is 1. The molecule has 0 aliphatic carbocycles. The van der Waals surface area contributed by atoms with Crippen molar-refractivity contribution in [2.24, 2.45) is 11.0 Å². The maximum absolute atomic E-state index is 12.5. The standard InChI is InChI=1S/C13H14N2O6S/c1-8-10(13(2,12(17)18)22(19,20)21)11(16)15(14-8)9-6-4-3-5-7-9/h3-7,10H,1-2H3,(H,17,18)(H,19,20,21)/t10-,13+/m1/s1. The molecule has 1 aromatic carbocycles. The molecular weight excluding hydrogens is 312 g/mol. The average Bonchev–Trinajstić information content (AvgIpc) is 2.73. The highest BCUT2D eigenvalue weighted by atomic mass is 32.2. The average molecular weight is 326 g/mol. The van der Waals surface area contributed by atoms with Crippen LogP contribution >= 0.6 is 0 Å². The van der Waals surface area contributed by atoms with E-state index in [-0.39, 0.29) is 5.71 Å². The number of benzene rings is 1. The van der Waals surface area contributed by atoms with Gasteiger partial charge < -0.3 is 5.11 Å². The van der Waals surface area contributed by atoms with Gasteiger partial charge in [-0.2, -0.15) is 13.5 Å². The van der Waals surface area contributed by atoms with Crippen molar-refractivity contribution in [2.45, 2.75) is 18.6 Å². The van der Waals surface area contributed by atoms with E-state index < -0.39 is 32.7 Å². The minimum atomic E-state index is -5.05. The highest BCUT2D eigenvalue weighted by molar-refractivity contribution is 7.88. The Labute approximate surface area is 126 Å². The largest absolute Gasteiger partial charge is 0.480 e. The molecule has 0 unspecified atom stereocenters. The third-order valence-corrected chi connectivity index (χ3v) is 5.13. The molecule has 2 N–H and O–H groups in total. The molecule has 0 saturated carbocycles. The van der Waals surface area contributed by atoms with Gasteiger partial charge in [-0.15, -0.1) is 0 Å². The molecule has 8 nitrogen and oxygen atoms in total. The number of hydrogen-bond acceptors (Lipinski definition) is 5. The number of rotatable bonds is 4. The second-order valence-electron chi connectivity index (χ2n) is 5.05. The molecule has 118 valence electrons. The fourth-order valence-electron chi connectivity index (χ4n) is 2.34. The summed E-state index contributed by atoms with van der Waals surface area (Å²) in [5.74, 6) is -4.26. The van der Waals surface area contributed by atoms with Gasteiger partial charge in [0.15, 0.2) is 0 Å². The van der Waals surface area contributed by atoms with Crippen molar-refractivity contribution in [1.82, 2.24) is 0 Å². The zero-order valence-corrected chi connectivity index (χ0v) is 12.6. The van der Waals surface area contributed by atoms with Gasteiger partial charge in [-0.3, -0.25) is 14.1 Å². The van der Waals surface area contributed by atoms with Crippen molar-refractivity contribution in [2.75, 3.05) is 5.01 Å². The van der Waals surface area contributed by atoms with Crippen LogP contribution in [0.15, 0.2) is 35.4 Å². The predicted molar refractivity (Wildman–Crippen MR) is 78.1 cm³/mol. The van der Waals surface area contributed by atoms with Crippen molar-refractivity contribution in [3.05, 3.63) is 30.3 Å². The zero-order chi connectivity index (χ0) is 16.7. The fraction of sp³-hybridized carbons (Fsp3) is 0.308. The van der Waals surface area contributed by atoms with Crippen molar-refractivity contribution < 1.29 is 27.7 Å². The van der Waals surface area contributed by atoms with E-state index in [9.17, 15) is 27.7 Å². The van der Waals surface area contributed by atoms with Crippen LogP contribution in [0, 0.1) is 5.92 Å². The van der Waals surface area contributed by atoms with Crippen molar-refractivity contribution in [3.8, 4) is 0 Å². The number of amides is 1. The predicted octanol–water partition coefficient (Wildman–Crippen LogP) is 0.756. The van der Waals surface area contributed by atoms with E-state index in [2.05, 4.69) is 5.10 Å². The molecule has 0 spiro atoms. The number of carbonyl (C=O) groups is 2. The molecule has 1 aromatic rings. The Bertz CT molecular complexity index is 758. The topological polar surface area (TPSA) is 124 Å². The number of hydrazone groups is 1. The minimum Gasteiger partial charge on any atom is -0.480 e.